The zero-order valence-corrected chi connectivity index (χ0v) is 19.8. The third-order valence-electron chi connectivity index (χ3n) is 7.03. The Kier molecular flexibility index (Phi) is 6.18. The van der Waals surface area contributed by atoms with E-state index in [0.29, 0.717) is 24.0 Å². The minimum atomic E-state index is -1.07. The van der Waals surface area contributed by atoms with Crippen molar-refractivity contribution >= 4 is 17.7 Å². The molecule has 6 nitrogen and oxygen atoms in total. The summed E-state index contributed by atoms with van der Waals surface area (Å²) >= 11 is 0. The third kappa shape index (κ3) is 3.75. The lowest BCUT2D eigenvalue weighted by Crippen LogP contribution is -2.67. The predicted molar refractivity (Wildman–Crippen MR) is 123 cm³/mol. The van der Waals surface area contributed by atoms with E-state index < -0.39 is 29.0 Å². The maximum Gasteiger partial charge on any atom is 0.254 e. The minimum Gasteiger partial charge on any atom is -0.348 e. The smallest absolute Gasteiger partial charge is 0.254 e. The molecule has 1 atom stereocenters. The number of amides is 3. The van der Waals surface area contributed by atoms with Crippen molar-refractivity contribution in [3.63, 3.8) is 0 Å². The maximum absolute atomic E-state index is 13.7. The Balaban J connectivity index is 1.73. The topological polar surface area (TPSA) is 60.9 Å². The number of halogens is 2. The molecule has 1 spiro atoms. The molecule has 3 amide bonds. The SMILES string of the molecule is CC(C)N1C(=O)c2ccccc2C(C(=O)N(C)C)C12CCN(C(=O)c1ccc(F)c(F)c1)CC2. The summed E-state index contributed by atoms with van der Waals surface area (Å²) in [5.41, 5.74) is 0.513. The summed E-state index contributed by atoms with van der Waals surface area (Å²) in [5, 5.41) is 0. The first-order valence-corrected chi connectivity index (χ1v) is 11.5. The van der Waals surface area contributed by atoms with Crippen LogP contribution in [-0.2, 0) is 4.79 Å². The molecule has 0 radical (unpaired) electrons. The van der Waals surface area contributed by atoms with Crippen LogP contribution in [0.3, 0.4) is 0 Å². The van der Waals surface area contributed by atoms with Crippen LogP contribution in [-0.4, -0.2) is 71.2 Å². The van der Waals surface area contributed by atoms with Crippen LogP contribution < -0.4 is 0 Å². The van der Waals surface area contributed by atoms with Crippen molar-refractivity contribution in [1.29, 1.82) is 0 Å². The summed E-state index contributed by atoms with van der Waals surface area (Å²) in [6.07, 6.45) is 0.788. The van der Waals surface area contributed by atoms with E-state index in [-0.39, 0.29) is 36.5 Å². The zero-order valence-electron chi connectivity index (χ0n) is 19.8. The van der Waals surface area contributed by atoms with Crippen molar-refractivity contribution in [2.45, 2.75) is 44.2 Å². The van der Waals surface area contributed by atoms with E-state index in [1.165, 1.54) is 6.07 Å². The second kappa shape index (κ2) is 8.81. The Morgan fingerprint density at radius 3 is 2.26 bits per heavy atom. The lowest BCUT2D eigenvalue weighted by Gasteiger charge is -2.56. The van der Waals surface area contributed by atoms with Crippen LogP contribution >= 0.6 is 0 Å². The van der Waals surface area contributed by atoms with Gasteiger partial charge in [0.05, 0.1) is 11.5 Å². The first kappa shape index (κ1) is 23.9. The fraction of sp³-hybridized carbons (Fsp3) is 0.423. The molecule has 0 N–H and O–H groups in total. The van der Waals surface area contributed by atoms with Crippen LogP contribution in [0.5, 0.6) is 0 Å². The molecule has 180 valence electrons. The second-order valence-corrected chi connectivity index (χ2v) is 9.55. The fourth-order valence-corrected chi connectivity index (χ4v) is 5.51. The van der Waals surface area contributed by atoms with E-state index in [2.05, 4.69) is 0 Å². The van der Waals surface area contributed by atoms with Crippen LogP contribution in [0.25, 0.3) is 0 Å². The molecular weight excluding hydrogens is 440 g/mol. The number of piperidine rings is 1. The van der Waals surface area contributed by atoms with E-state index in [1.807, 2.05) is 30.9 Å². The van der Waals surface area contributed by atoms with E-state index in [1.54, 1.807) is 36.0 Å². The molecule has 1 fully saturated rings. The maximum atomic E-state index is 13.7. The van der Waals surface area contributed by atoms with E-state index >= 15 is 0 Å². The lowest BCUT2D eigenvalue weighted by molar-refractivity contribution is -0.136. The van der Waals surface area contributed by atoms with Gasteiger partial charge in [0.15, 0.2) is 11.6 Å². The molecule has 0 aliphatic carbocycles. The molecule has 1 saturated heterocycles. The Labute approximate surface area is 198 Å². The molecule has 34 heavy (non-hydrogen) atoms. The third-order valence-corrected chi connectivity index (χ3v) is 7.03. The van der Waals surface area contributed by atoms with Gasteiger partial charge in [0, 0.05) is 44.4 Å². The number of fused-ring (bicyclic) bond motifs is 1. The molecular formula is C26H29F2N3O3. The largest absolute Gasteiger partial charge is 0.348 e. The van der Waals surface area contributed by atoms with E-state index in [4.69, 9.17) is 0 Å². The van der Waals surface area contributed by atoms with Gasteiger partial charge in [0.2, 0.25) is 5.91 Å². The molecule has 1 unspecified atom stereocenters. The quantitative estimate of drug-likeness (QED) is 0.689. The van der Waals surface area contributed by atoms with Crippen LogP contribution in [0.2, 0.25) is 0 Å². The summed E-state index contributed by atoms with van der Waals surface area (Å²) in [7, 11) is 3.41. The Morgan fingerprint density at radius 2 is 1.68 bits per heavy atom. The van der Waals surface area contributed by atoms with Crippen LogP contribution in [0.15, 0.2) is 42.5 Å². The van der Waals surface area contributed by atoms with Crippen LogP contribution in [0, 0.1) is 11.6 Å². The fourth-order valence-electron chi connectivity index (χ4n) is 5.51. The first-order chi connectivity index (χ1) is 16.1. The van der Waals surface area contributed by atoms with Gasteiger partial charge in [0.1, 0.15) is 0 Å². The number of hydrogen-bond acceptors (Lipinski definition) is 3. The number of likely N-dealkylation sites (N-methyl/N-ethyl adjacent to an activating group) is 1. The average molecular weight is 470 g/mol. The van der Waals surface area contributed by atoms with Crippen molar-refractivity contribution in [3.8, 4) is 0 Å². The van der Waals surface area contributed by atoms with Gasteiger partial charge in [-0.1, -0.05) is 18.2 Å². The molecule has 2 heterocycles. The molecule has 2 aromatic rings. The average Bonchev–Trinajstić information content (AvgIpc) is 2.80. The van der Waals surface area contributed by atoms with E-state index in [9.17, 15) is 23.2 Å². The Bertz CT molecular complexity index is 1140. The molecule has 2 aliphatic rings. The molecule has 0 saturated carbocycles. The van der Waals surface area contributed by atoms with Gasteiger partial charge in [-0.25, -0.2) is 8.78 Å². The molecule has 0 bridgehead atoms. The highest BCUT2D eigenvalue weighted by Gasteiger charge is 2.56. The monoisotopic (exact) mass is 469 g/mol. The number of nitrogens with zero attached hydrogens (tertiary/aromatic N) is 3. The zero-order chi connectivity index (χ0) is 24.8. The highest BCUT2D eigenvalue weighted by molar-refractivity contribution is 6.02. The molecule has 2 aliphatic heterocycles. The minimum absolute atomic E-state index is 0.0709. The predicted octanol–water partition coefficient (Wildman–Crippen LogP) is 3.68. The Morgan fingerprint density at radius 1 is 1.03 bits per heavy atom. The highest BCUT2D eigenvalue weighted by atomic mass is 19.2. The van der Waals surface area contributed by atoms with Crippen molar-refractivity contribution in [2.24, 2.45) is 0 Å². The number of carbonyl (C=O) groups excluding carboxylic acids is 3. The summed E-state index contributed by atoms with van der Waals surface area (Å²) in [6, 6.07) is 10.2. The van der Waals surface area contributed by atoms with E-state index in [0.717, 1.165) is 12.1 Å². The van der Waals surface area contributed by atoms with Crippen molar-refractivity contribution in [2.75, 3.05) is 27.2 Å². The van der Waals surface area contributed by atoms with Crippen molar-refractivity contribution < 1.29 is 23.2 Å². The van der Waals surface area contributed by atoms with Gasteiger partial charge in [-0.15, -0.1) is 0 Å². The van der Waals surface area contributed by atoms with Crippen molar-refractivity contribution in [3.05, 3.63) is 70.8 Å². The van der Waals surface area contributed by atoms with Gasteiger partial charge >= 0.3 is 0 Å². The number of likely N-dealkylation sites (tertiary alicyclic amines) is 1. The Hall–Kier alpha value is -3.29. The first-order valence-electron chi connectivity index (χ1n) is 11.5. The molecule has 4 rings (SSSR count). The number of rotatable bonds is 3. The number of hydrogen-bond donors (Lipinski definition) is 0. The van der Waals surface area contributed by atoms with Gasteiger partial charge in [-0.3, -0.25) is 14.4 Å². The standard InChI is InChI=1S/C26H29F2N3O3/c1-16(2)31-24(33)19-8-6-5-7-18(19)22(25(34)29(3)4)26(31)11-13-30(14-12-26)23(32)17-9-10-20(27)21(28)15-17/h5-10,15-16,22H,11-14H2,1-4H3. The van der Waals surface area contributed by atoms with Crippen LogP contribution in [0.4, 0.5) is 8.78 Å². The summed E-state index contributed by atoms with van der Waals surface area (Å²) < 4.78 is 27.0. The molecule has 2 aromatic carbocycles. The number of carbonyl (C=O) groups is 3. The molecule has 8 heteroatoms. The van der Waals surface area contributed by atoms with Gasteiger partial charge < -0.3 is 14.7 Å². The normalized spacial score (nSPS) is 19.4. The summed E-state index contributed by atoms with van der Waals surface area (Å²) in [4.78, 5) is 45.1. The van der Waals surface area contributed by atoms with Gasteiger partial charge in [-0.05, 0) is 56.5 Å². The molecule has 0 aromatic heterocycles. The lowest BCUT2D eigenvalue weighted by atomic mass is 9.66. The van der Waals surface area contributed by atoms with Gasteiger partial charge in [-0.2, -0.15) is 0 Å². The summed E-state index contributed by atoms with van der Waals surface area (Å²) in [6.45, 7) is 4.44. The number of benzene rings is 2. The highest BCUT2D eigenvalue weighted by Crippen LogP contribution is 2.48. The van der Waals surface area contributed by atoms with Crippen LogP contribution in [0.1, 0.15) is 58.9 Å². The van der Waals surface area contributed by atoms with Crippen molar-refractivity contribution in [1.82, 2.24) is 14.7 Å². The second-order valence-electron chi connectivity index (χ2n) is 9.55. The summed E-state index contributed by atoms with van der Waals surface area (Å²) in [5.74, 6) is -3.26. The van der Waals surface area contributed by atoms with Gasteiger partial charge in [0.25, 0.3) is 11.8 Å².